The van der Waals surface area contributed by atoms with E-state index in [2.05, 4.69) is 44.3 Å². The summed E-state index contributed by atoms with van der Waals surface area (Å²) < 4.78 is 0. The summed E-state index contributed by atoms with van der Waals surface area (Å²) in [5.74, 6) is 0. The molecule has 0 atom stereocenters. The van der Waals surface area contributed by atoms with Crippen LogP contribution in [0.5, 0.6) is 0 Å². The number of nitrogens with zero attached hydrogens (tertiary/aromatic N) is 1. The van der Waals surface area contributed by atoms with Gasteiger partial charge in [0.15, 0.2) is 0 Å². The predicted molar refractivity (Wildman–Crippen MR) is 72.1 cm³/mol. The molecule has 0 saturated carbocycles. The Kier molecular flexibility index (Phi) is 4.31. The molecule has 92 valence electrons. The van der Waals surface area contributed by atoms with Gasteiger partial charge in [0.25, 0.3) is 0 Å². The molecule has 1 aromatic carbocycles. The summed E-state index contributed by atoms with van der Waals surface area (Å²) in [5.41, 5.74) is 4.97. The Morgan fingerprint density at radius 3 is 2.18 bits per heavy atom. The number of hydrogen-bond donors (Lipinski definition) is 1. The molecule has 1 aromatic rings. The van der Waals surface area contributed by atoms with Gasteiger partial charge in [-0.15, -0.1) is 0 Å². The van der Waals surface area contributed by atoms with Gasteiger partial charge in [-0.1, -0.05) is 17.7 Å². The molecule has 0 aliphatic carbocycles. The first-order valence-corrected chi connectivity index (χ1v) is 6.09. The lowest BCUT2D eigenvalue weighted by Gasteiger charge is -2.18. The maximum atomic E-state index is 8.92. The van der Waals surface area contributed by atoms with Crippen molar-refractivity contribution in [1.29, 1.82) is 5.26 Å². The third-order valence-corrected chi connectivity index (χ3v) is 3.06. The minimum atomic E-state index is -0.438. The fraction of sp³-hybridized carbons (Fsp3) is 0.533. The Morgan fingerprint density at radius 2 is 1.71 bits per heavy atom. The summed E-state index contributed by atoms with van der Waals surface area (Å²) in [5, 5.41) is 12.2. The van der Waals surface area contributed by atoms with E-state index in [4.69, 9.17) is 5.26 Å². The number of rotatable bonds is 4. The zero-order valence-electron chi connectivity index (χ0n) is 11.5. The average molecular weight is 230 g/mol. The molecule has 0 bridgehead atoms. The van der Waals surface area contributed by atoms with E-state index in [1.54, 1.807) is 0 Å². The highest BCUT2D eigenvalue weighted by Crippen LogP contribution is 2.16. The van der Waals surface area contributed by atoms with Gasteiger partial charge in [0.1, 0.15) is 5.54 Å². The van der Waals surface area contributed by atoms with Crippen LogP contribution >= 0.6 is 0 Å². The first-order valence-electron chi connectivity index (χ1n) is 6.09. The third kappa shape index (κ3) is 3.87. The second-order valence-electron chi connectivity index (χ2n) is 5.29. The molecule has 0 unspecified atom stereocenters. The van der Waals surface area contributed by atoms with Crippen molar-refractivity contribution in [3.05, 3.63) is 34.4 Å². The molecule has 0 aliphatic heterocycles. The first kappa shape index (κ1) is 13.7. The third-order valence-electron chi connectivity index (χ3n) is 3.06. The molecule has 17 heavy (non-hydrogen) atoms. The monoisotopic (exact) mass is 230 g/mol. The summed E-state index contributed by atoms with van der Waals surface area (Å²) in [6, 6.07) is 6.69. The van der Waals surface area contributed by atoms with Crippen molar-refractivity contribution in [1.82, 2.24) is 5.32 Å². The molecule has 0 radical (unpaired) electrons. The van der Waals surface area contributed by atoms with E-state index in [0.717, 1.165) is 13.0 Å². The van der Waals surface area contributed by atoms with Gasteiger partial charge >= 0.3 is 0 Å². The molecule has 1 N–H and O–H groups in total. The van der Waals surface area contributed by atoms with Crippen LogP contribution < -0.4 is 5.32 Å². The second-order valence-corrected chi connectivity index (χ2v) is 5.29. The van der Waals surface area contributed by atoms with E-state index in [-0.39, 0.29) is 0 Å². The van der Waals surface area contributed by atoms with E-state index in [1.165, 1.54) is 22.3 Å². The van der Waals surface area contributed by atoms with Crippen molar-refractivity contribution >= 4 is 0 Å². The maximum Gasteiger partial charge on any atom is 0.101 e. The molecule has 0 aliphatic rings. The van der Waals surface area contributed by atoms with Crippen LogP contribution in [0.3, 0.4) is 0 Å². The fourth-order valence-electron chi connectivity index (χ4n) is 2.14. The van der Waals surface area contributed by atoms with Crippen LogP contribution in [0, 0.1) is 32.1 Å². The van der Waals surface area contributed by atoms with Gasteiger partial charge in [0, 0.05) is 6.54 Å². The smallest absolute Gasteiger partial charge is 0.101 e. The Hall–Kier alpha value is -1.33. The fourth-order valence-corrected chi connectivity index (χ4v) is 2.14. The Morgan fingerprint density at radius 1 is 1.18 bits per heavy atom. The van der Waals surface area contributed by atoms with E-state index < -0.39 is 5.54 Å². The molecular formula is C15H22N2. The minimum Gasteiger partial charge on any atom is -0.300 e. The zero-order valence-corrected chi connectivity index (χ0v) is 11.5. The molecule has 0 fully saturated rings. The molecule has 0 amide bonds. The van der Waals surface area contributed by atoms with Gasteiger partial charge in [-0.2, -0.15) is 5.26 Å². The first-order chi connectivity index (χ1) is 7.85. The molecule has 0 heterocycles. The van der Waals surface area contributed by atoms with Crippen LogP contribution in [0.15, 0.2) is 12.1 Å². The normalized spacial score (nSPS) is 11.3. The zero-order chi connectivity index (χ0) is 13.1. The van der Waals surface area contributed by atoms with Gasteiger partial charge < -0.3 is 0 Å². The van der Waals surface area contributed by atoms with Crippen LogP contribution in [0.4, 0.5) is 0 Å². The van der Waals surface area contributed by atoms with Crippen LogP contribution in [0.25, 0.3) is 0 Å². The largest absolute Gasteiger partial charge is 0.300 e. The van der Waals surface area contributed by atoms with Crippen LogP contribution in [-0.2, 0) is 6.42 Å². The number of nitriles is 1. The van der Waals surface area contributed by atoms with Gasteiger partial charge in [0.05, 0.1) is 6.07 Å². The van der Waals surface area contributed by atoms with Crippen molar-refractivity contribution in [2.75, 3.05) is 6.54 Å². The second kappa shape index (κ2) is 5.33. The Labute approximate surface area is 105 Å². The highest BCUT2D eigenvalue weighted by Gasteiger charge is 2.14. The van der Waals surface area contributed by atoms with Crippen LogP contribution in [-0.4, -0.2) is 12.1 Å². The van der Waals surface area contributed by atoms with Gasteiger partial charge in [0.2, 0.25) is 0 Å². The summed E-state index contributed by atoms with van der Waals surface area (Å²) in [4.78, 5) is 0. The predicted octanol–water partition coefficient (Wildman–Crippen LogP) is 3.05. The van der Waals surface area contributed by atoms with Crippen molar-refractivity contribution in [3.63, 3.8) is 0 Å². The summed E-state index contributed by atoms with van der Waals surface area (Å²) in [6.45, 7) is 11.1. The van der Waals surface area contributed by atoms with E-state index in [0.29, 0.717) is 0 Å². The average Bonchev–Trinajstić information content (AvgIpc) is 2.22. The van der Waals surface area contributed by atoms with Gasteiger partial charge in [-0.05, 0) is 57.7 Å². The lowest BCUT2D eigenvalue weighted by Crippen LogP contribution is -2.38. The topological polar surface area (TPSA) is 35.8 Å². The van der Waals surface area contributed by atoms with E-state index in [1.807, 2.05) is 13.8 Å². The standard InChI is InChI=1S/C15H22N2/c1-11-8-12(2)14(13(3)9-11)6-7-17-15(4,5)10-16/h8-9,17H,6-7H2,1-5H3. The molecule has 0 spiro atoms. The molecule has 1 rings (SSSR count). The van der Waals surface area contributed by atoms with Crippen LogP contribution in [0.1, 0.15) is 36.1 Å². The number of aryl methyl sites for hydroxylation is 3. The van der Waals surface area contributed by atoms with Gasteiger partial charge in [-0.3, -0.25) is 5.32 Å². The van der Waals surface area contributed by atoms with E-state index in [9.17, 15) is 0 Å². The van der Waals surface area contributed by atoms with Crippen molar-refractivity contribution in [3.8, 4) is 6.07 Å². The molecule has 2 heteroatoms. The summed E-state index contributed by atoms with van der Waals surface area (Å²) >= 11 is 0. The van der Waals surface area contributed by atoms with Crippen molar-refractivity contribution in [2.45, 2.75) is 46.6 Å². The Balaban J connectivity index is 2.68. The van der Waals surface area contributed by atoms with Crippen molar-refractivity contribution in [2.24, 2.45) is 0 Å². The SMILES string of the molecule is Cc1cc(C)c(CCNC(C)(C)C#N)c(C)c1. The quantitative estimate of drug-likeness (QED) is 0.863. The highest BCUT2D eigenvalue weighted by atomic mass is 14.9. The van der Waals surface area contributed by atoms with Crippen molar-refractivity contribution < 1.29 is 0 Å². The van der Waals surface area contributed by atoms with Gasteiger partial charge in [-0.25, -0.2) is 0 Å². The number of nitrogens with one attached hydrogen (secondary N) is 1. The number of hydrogen-bond acceptors (Lipinski definition) is 2. The summed E-state index contributed by atoms with van der Waals surface area (Å²) in [6.07, 6.45) is 0.975. The highest BCUT2D eigenvalue weighted by molar-refractivity contribution is 5.37. The molecular weight excluding hydrogens is 208 g/mol. The number of benzene rings is 1. The summed E-state index contributed by atoms with van der Waals surface area (Å²) in [7, 11) is 0. The van der Waals surface area contributed by atoms with Crippen LogP contribution in [0.2, 0.25) is 0 Å². The molecule has 0 aromatic heterocycles. The maximum absolute atomic E-state index is 8.92. The van der Waals surface area contributed by atoms with E-state index >= 15 is 0 Å². The lowest BCUT2D eigenvalue weighted by molar-refractivity contribution is 0.489. The Bertz CT molecular complexity index is 416. The minimum absolute atomic E-state index is 0.438. The lowest BCUT2D eigenvalue weighted by atomic mass is 9.97. The molecule has 2 nitrogen and oxygen atoms in total. The molecule has 0 saturated heterocycles.